The highest BCUT2D eigenvalue weighted by Crippen LogP contribution is 2.50. The van der Waals surface area contributed by atoms with Crippen LogP contribution in [0.3, 0.4) is 0 Å². The number of aromatic nitrogens is 1. The first-order valence-electron chi connectivity index (χ1n) is 13.1. The molecule has 7 heteroatoms. The van der Waals surface area contributed by atoms with Gasteiger partial charge >= 0.3 is 5.97 Å². The van der Waals surface area contributed by atoms with Gasteiger partial charge in [-0.15, -0.1) is 0 Å². The summed E-state index contributed by atoms with van der Waals surface area (Å²) >= 11 is 0. The number of ether oxygens (including phenoxy) is 1. The van der Waals surface area contributed by atoms with Gasteiger partial charge in [-0.25, -0.2) is 9.37 Å². The maximum Gasteiger partial charge on any atom is 0.307 e. The topological polar surface area (TPSA) is 74.7 Å². The van der Waals surface area contributed by atoms with Crippen molar-refractivity contribution in [2.45, 2.75) is 65.5 Å². The van der Waals surface area contributed by atoms with E-state index in [9.17, 15) is 9.90 Å². The van der Waals surface area contributed by atoms with Gasteiger partial charge in [-0.05, 0) is 61.9 Å². The van der Waals surface area contributed by atoms with Gasteiger partial charge in [0.2, 0.25) is 5.88 Å². The molecule has 194 valence electrons. The average Bonchev–Trinajstić information content (AvgIpc) is 3.22. The molecule has 6 nitrogen and oxygen atoms in total. The zero-order valence-electron chi connectivity index (χ0n) is 21.8. The molecule has 1 aliphatic carbocycles. The van der Waals surface area contributed by atoms with Crippen LogP contribution in [0.5, 0.6) is 5.88 Å². The maximum absolute atomic E-state index is 15.6. The van der Waals surface area contributed by atoms with Crippen LogP contribution in [0.15, 0.2) is 36.0 Å². The molecule has 36 heavy (non-hydrogen) atoms. The molecule has 1 aromatic heterocycles. The lowest BCUT2D eigenvalue weighted by Gasteiger charge is -2.43. The number of carboxylic acids is 1. The molecule has 1 aliphatic heterocycles. The number of pyridine rings is 1. The Morgan fingerprint density at radius 2 is 2.11 bits per heavy atom. The molecule has 0 spiro atoms. The summed E-state index contributed by atoms with van der Waals surface area (Å²) in [5, 5.41) is 13.0. The van der Waals surface area contributed by atoms with E-state index in [2.05, 4.69) is 41.2 Å². The molecule has 2 aromatic rings. The molecule has 0 unspecified atom stereocenters. The minimum atomic E-state index is -0.845. The summed E-state index contributed by atoms with van der Waals surface area (Å²) in [4.78, 5) is 18.2. The van der Waals surface area contributed by atoms with Crippen LogP contribution in [0.1, 0.15) is 68.3 Å². The molecule has 0 radical (unpaired) electrons. The lowest BCUT2D eigenvalue weighted by molar-refractivity contribution is -0.142. The van der Waals surface area contributed by atoms with E-state index in [1.165, 1.54) is 22.9 Å². The number of hydrogen-bond donors (Lipinski definition) is 2. The van der Waals surface area contributed by atoms with E-state index in [0.29, 0.717) is 36.7 Å². The third-order valence-electron chi connectivity index (χ3n) is 7.52. The molecule has 0 amide bonds. The van der Waals surface area contributed by atoms with Crippen LogP contribution in [-0.4, -0.2) is 53.2 Å². The molecular formula is C29H38FN3O3. The Kier molecular flexibility index (Phi) is 8.42. The highest BCUT2D eigenvalue weighted by Gasteiger charge is 2.41. The van der Waals surface area contributed by atoms with E-state index < -0.39 is 11.9 Å². The van der Waals surface area contributed by atoms with E-state index in [1.54, 1.807) is 6.92 Å². The lowest BCUT2D eigenvalue weighted by atomic mass is 9.83. The van der Waals surface area contributed by atoms with E-state index in [0.717, 1.165) is 37.8 Å². The van der Waals surface area contributed by atoms with Crippen LogP contribution < -0.4 is 10.1 Å². The van der Waals surface area contributed by atoms with Crippen LogP contribution in [-0.2, 0) is 11.2 Å². The summed E-state index contributed by atoms with van der Waals surface area (Å²) in [6.07, 6.45) is 5.05. The second-order valence-corrected chi connectivity index (χ2v) is 10.1. The first kappa shape index (κ1) is 26.3. The molecule has 2 heterocycles. The molecule has 1 aromatic carbocycles. The molecule has 2 aliphatic rings. The second-order valence-electron chi connectivity index (χ2n) is 10.1. The number of benzene rings is 1. The molecule has 0 saturated carbocycles. The van der Waals surface area contributed by atoms with Gasteiger partial charge in [-0.3, -0.25) is 9.69 Å². The van der Waals surface area contributed by atoms with Crippen LogP contribution in [0.25, 0.3) is 5.57 Å². The minimum absolute atomic E-state index is 0.0563. The van der Waals surface area contributed by atoms with Gasteiger partial charge in [-0.2, -0.15) is 0 Å². The fourth-order valence-electron chi connectivity index (χ4n) is 5.55. The monoisotopic (exact) mass is 495 g/mol. The van der Waals surface area contributed by atoms with Crippen LogP contribution in [0, 0.1) is 18.7 Å². The van der Waals surface area contributed by atoms with Crippen LogP contribution in [0.4, 0.5) is 4.39 Å². The number of rotatable bonds is 11. The maximum atomic E-state index is 15.6. The molecule has 0 saturated heterocycles. The molecule has 3 atom stereocenters. The number of nitrogens with zero attached hydrogens (tertiary/aromatic N) is 2. The van der Waals surface area contributed by atoms with Crippen molar-refractivity contribution in [1.29, 1.82) is 0 Å². The van der Waals surface area contributed by atoms with E-state index >= 15 is 4.39 Å². The number of nitrogens with one attached hydrogen (secondary N) is 1. The van der Waals surface area contributed by atoms with Crippen molar-refractivity contribution in [2.24, 2.45) is 5.92 Å². The summed E-state index contributed by atoms with van der Waals surface area (Å²) in [5.74, 6) is -1.36. The molecule has 0 fully saturated rings. The number of unbranched alkanes of at least 4 members (excludes halogenated alkanes) is 1. The van der Waals surface area contributed by atoms with Gasteiger partial charge in [0, 0.05) is 30.3 Å². The standard InChI is InChI=1S/C29H38FN3O3/c1-5-6-11-31-12-13-36-28-20(4)26(25(30)16-32-28)27-24-15-21-9-7-8-10-22(21)23(24)14-19(3)33(27)17-18(2)29(34)35/h7-10,16,18-19,27,31H,5-6,11-15,17H2,1-4H3,(H,34,35)/t18-,19-,27+/m1/s1. The van der Waals surface area contributed by atoms with Crippen molar-refractivity contribution < 1.29 is 19.0 Å². The molecule has 0 bridgehead atoms. The summed E-state index contributed by atoms with van der Waals surface area (Å²) in [5.41, 5.74) is 6.13. The Bertz CT molecular complexity index is 1130. The molecule has 4 rings (SSSR count). The van der Waals surface area contributed by atoms with Crippen LogP contribution >= 0.6 is 0 Å². The number of fused-ring (bicyclic) bond motifs is 2. The predicted molar refractivity (Wildman–Crippen MR) is 140 cm³/mol. The Labute approximate surface area is 213 Å². The lowest BCUT2D eigenvalue weighted by Crippen LogP contribution is -2.45. The van der Waals surface area contributed by atoms with Crippen molar-refractivity contribution in [1.82, 2.24) is 15.2 Å². The minimum Gasteiger partial charge on any atom is -0.481 e. The summed E-state index contributed by atoms with van der Waals surface area (Å²) in [6.45, 7) is 10.3. The van der Waals surface area contributed by atoms with Crippen molar-refractivity contribution in [3.05, 3.63) is 64.1 Å². The predicted octanol–water partition coefficient (Wildman–Crippen LogP) is 5.16. The Morgan fingerprint density at radius 1 is 1.33 bits per heavy atom. The fourth-order valence-corrected chi connectivity index (χ4v) is 5.55. The number of carboxylic acid groups (broad SMARTS) is 1. The van der Waals surface area contributed by atoms with Gasteiger partial charge in [-0.1, -0.05) is 44.5 Å². The van der Waals surface area contributed by atoms with Crippen molar-refractivity contribution in [3.63, 3.8) is 0 Å². The Hall–Kier alpha value is -2.77. The zero-order chi connectivity index (χ0) is 25.8. The van der Waals surface area contributed by atoms with Gasteiger partial charge in [0.25, 0.3) is 0 Å². The Morgan fingerprint density at radius 3 is 2.86 bits per heavy atom. The van der Waals surface area contributed by atoms with Crippen LogP contribution in [0.2, 0.25) is 0 Å². The third-order valence-corrected chi connectivity index (χ3v) is 7.52. The van der Waals surface area contributed by atoms with Gasteiger partial charge in [0.1, 0.15) is 12.4 Å². The number of halogens is 1. The summed E-state index contributed by atoms with van der Waals surface area (Å²) in [6, 6.07) is 8.05. The number of aliphatic carboxylic acids is 1. The first-order valence-corrected chi connectivity index (χ1v) is 13.1. The van der Waals surface area contributed by atoms with E-state index in [4.69, 9.17) is 4.74 Å². The largest absolute Gasteiger partial charge is 0.481 e. The van der Waals surface area contributed by atoms with Crippen molar-refractivity contribution in [3.8, 4) is 5.88 Å². The smallest absolute Gasteiger partial charge is 0.307 e. The number of carbonyl (C=O) groups is 1. The van der Waals surface area contributed by atoms with Gasteiger partial charge < -0.3 is 15.2 Å². The van der Waals surface area contributed by atoms with Gasteiger partial charge in [0.05, 0.1) is 18.2 Å². The highest BCUT2D eigenvalue weighted by molar-refractivity contribution is 5.79. The Balaban J connectivity index is 1.71. The molecule has 2 N–H and O–H groups in total. The zero-order valence-corrected chi connectivity index (χ0v) is 21.8. The van der Waals surface area contributed by atoms with E-state index in [1.807, 2.05) is 19.1 Å². The highest BCUT2D eigenvalue weighted by atomic mass is 19.1. The van der Waals surface area contributed by atoms with Gasteiger partial charge in [0.15, 0.2) is 0 Å². The fraction of sp³-hybridized carbons (Fsp3) is 0.517. The third kappa shape index (κ3) is 5.32. The summed E-state index contributed by atoms with van der Waals surface area (Å²) in [7, 11) is 0. The normalized spacial score (nSPS) is 20.2. The van der Waals surface area contributed by atoms with Crippen molar-refractivity contribution in [2.75, 3.05) is 26.2 Å². The second kappa shape index (κ2) is 11.5. The number of hydrogen-bond acceptors (Lipinski definition) is 5. The van der Waals surface area contributed by atoms with E-state index in [-0.39, 0.29) is 17.9 Å². The quantitative estimate of drug-likeness (QED) is 0.419. The summed E-state index contributed by atoms with van der Waals surface area (Å²) < 4.78 is 21.6. The SMILES string of the molecule is CCCCNCCOc1ncc(F)c([C@@H]2C3=C(C[C@@H](C)N2C[C@@H](C)C(=O)O)c2ccccc2C3)c1C. The average molecular weight is 496 g/mol. The molecular weight excluding hydrogens is 457 g/mol. The first-order chi connectivity index (χ1) is 17.3. The van der Waals surface area contributed by atoms with Crippen molar-refractivity contribution >= 4 is 11.5 Å².